The monoisotopic (exact) mass is 283 g/mol. The molecule has 5 nitrogen and oxygen atoms in total. The second-order valence-electron chi connectivity index (χ2n) is 5.12. The Kier molecular flexibility index (Phi) is 5.24. The normalized spacial score (nSPS) is 17.9. The lowest BCUT2D eigenvalue weighted by Gasteiger charge is -2.18. The van der Waals surface area contributed by atoms with Crippen LogP contribution in [-0.4, -0.2) is 31.6 Å². The van der Waals surface area contributed by atoms with Crippen LogP contribution in [0.15, 0.2) is 5.16 Å². The molecule has 1 saturated carbocycles. The van der Waals surface area contributed by atoms with Crippen molar-refractivity contribution >= 4 is 17.7 Å². The van der Waals surface area contributed by atoms with Gasteiger partial charge < -0.3 is 9.67 Å². The molecule has 0 aromatic carbocycles. The summed E-state index contributed by atoms with van der Waals surface area (Å²) in [6.45, 7) is 0. The average molecular weight is 283 g/mol. The van der Waals surface area contributed by atoms with E-state index in [9.17, 15) is 4.79 Å². The fourth-order valence-electron chi connectivity index (χ4n) is 2.65. The van der Waals surface area contributed by atoms with E-state index in [0.29, 0.717) is 11.1 Å². The molecule has 19 heavy (non-hydrogen) atoms. The molecule has 0 spiro atoms. The lowest BCUT2D eigenvalue weighted by Crippen LogP contribution is -2.09. The van der Waals surface area contributed by atoms with E-state index in [1.54, 1.807) is 0 Å². The lowest BCUT2D eigenvalue weighted by molar-refractivity contribution is -0.133. The Hall–Kier alpha value is -1.04. The topological polar surface area (TPSA) is 68.0 Å². The zero-order chi connectivity index (χ0) is 13.7. The van der Waals surface area contributed by atoms with Crippen LogP contribution in [0.5, 0.6) is 0 Å². The fourth-order valence-corrected chi connectivity index (χ4v) is 3.29. The molecule has 1 aliphatic carbocycles. The molecule has 106 valence electrons. The predicted octanol–water partition coefficient (Wildman–Crippen LogP) is 2.82. The SMILES string of the molecule is Cn1c(SCC(=O)O)nnc1C1CCCCCCC1. The molecule has 2 rings (SSSR count). The summed E-state index contributed by atoms with van der Waals surface area (Å²) in [7, 11) is 1.94. The molecule has 0 amide bonds. The van der Waals surface area contributed by atoms with Gasteiger partial charge in [0.15, 0.2) is 5.16 Å². The summed E-state index contributed by atoms with van der Waals surface area (Å²) in [6.07, 6.45) is 8.85. The third-order valence-electron chi connectivity index (χ3n) is 3.66. The summed E-state index contributed by atoms with van der Waals surface area (Å²) in [5.74, 6) is 0.726. The summed E-state index contributed by atoms with van der Waals surface area (Å²) < 4.78 is 1.97. The second kappa shape index (κ2) is 6.93. The molecular formula is C13H21N3O2S. The summed E-state index contributed by atoms with van der Waals surface area (Å²) >= 11 is 1.24. The molecule has 1 aliphatic rings. The predicted molar refractivity (Wildman–Crippen MR) is 74.4 cm³/mol. The minimum Gasteiger partial charge on any atom is -0.481 e. The molecule has 0 aliphatic heterocycles. The quantitative estimate of drug-likeness (QED) is 0.861. The number of hydrogen-bond acceptors (Lipinski definition) is 4. The molecule has 0 radical (unpaired) electrons. The Labute approximate surface area is 117 Å². The summed E-state index contributed by atoms with van der Waals surface area (Å²) in [5, 5.41) is 17.8. The van der Waals surface area contributed by atoms with Crippen LogP contribution in [0.2, 0.25) is 0 Å². The van der Waals surface area contributed by atoms with Gasteiger partial charge in [-0.1, -0.05) is 43.9 Å². The van der Waals surface area contributed by atoms with E-state index in [1.807, 2.05) is 11.6 Å². The smallest absolute Gasteiger partial charge is 0.313 e. The van der Waals surface area contributed by atoms with Crippen molar-refractivity contribution in [3.05, 3.63) is 5.82 Å². The standard InChI is InChI=1S/C13H21N3O2S/c1-16-12(10-7-5-3-2-4-6-8-10)14-15-13(16)19-9-11(17)18/h10H,2-9H2,1H3,(H,17,18). The van der Waals surface area contributed by atoms with Gasteiger partial charge >= 0.3 is 5.97 Å². The van der Waals surface area contributed by atoms with Crippen LogP contribution < -0.4 is 0 Å². The van der Waals surface area contributed by atoms with Gasteiger partial charge in [0.05, 0.1) is 5.75 Å². The number of aliphatic carboxylic acids is 1. The van der Waals surface area contributed by atoms with Gasteiger partial charge in [-0.3, -0.25) is 4.79 Å². The molecule has 6 heteroatoms. The molecule has 1 aromatic heterocycles. The van der Waals surface area contributed by atoms with E-state index in [4.69, 9.17) is 5.11 Å². The first kappa shape index (κ1) is 14.4. The number of hydrogen-bond donors (Lipinski definition) is 1. The zero-order valence-corrected chi connectivity index (χ0v) is 12.2. The summed E-state index contributed by atoms with van der Waals surface area (Å²) in [5.41, 5.74) is 0. The van der Waals surface area contributed by atoms with E-state index >= 15 is 0 Å². The number of rotatable bonds is 4. The first-order chi connectivity index (χ1) is 9.18. The van der Waals surface area contributed by atoms with E-state index in [0.717, 1.165) is 5.82 Å². The Morgan fingerprint density at radius 2 is 1.89 bits per heavy atom. The van der Waals surface area contributed by atoms with Crippen LogP contribution in [-0.2, 0) is 11.8 Å². The highest BCUT2D eigenvalue weighted by atomic mass is 32.2. The number of thioether (sulfide) groups is 1. The number of carbonyl (C=O) groups is 1. The second-order valence-corrected chi connectivity index (χ2v) is 6.07. The van der Waals surface area contributed by atoms with Gasteiger partial charge in [-0.05, 0) is 12.8 Å². The third-order valence-corrected chi connectivity index (χ3v) is 4.67. The molecule has 0 saturated heterocycles. The van der Waals surface area contributed by atoms with Crippen molar-refractivity contribution in [2.45, 2.75) is 56.0 Å². The van der Waals surface area contributed by atoms with Gasteiger partial charge in [-0.25, -0.2) is 0 Å². The van der Waals surface area contributed by atoms with Gasteiger partial charge in [0.2, 0.25) is 0 Å². The van der Waals surface area contributed by atoms with E-state index in [-0.39, 0.29) is 5.75 Å². The lowest BCUT2D eigenvalue weighted by atomic mass is 9.90. The maximum absolute atomic E-state index is 10.6. The average Bonchev–Trinajstić information content (AvgIpc) is 2.68. The van der Waals surface area contributed by atoms with Crippen LogP contribution >= 0.6 is 11.8 Å². The van der Waals surface area contributed by atoms with E-state index in [2.05, 4.69) is 10.2 Å². The first-order valence-electron chi connectivity index (χ1n) is 6.92. The maximum Gasteiger partial charge on any atom is 0.313 e. The highest BCUT2D eigenvalue weighted by Gasteiger charge is 2.20. The Balaban J connectivity index is 2.04. The molecule has 0 atom stereocenters. The van der Waals surface area contributed by atoms with Gasteiger partial charge in [0, 0.05) is 13.0 Å². The van der Waals surface area contributed by atoms with E-state index < -0.39 is 5.97 Å². The summed E-state index contributed by atoms with van der Waals surface area (Å²) in [6, 6.07) is 0. The minimum atomic E-state index is -0.819. The molecule has 0 unspecified atom stereocenters. The van der Waals surface area contributed by atoms with Crippen molar-refractivity contribution in [2.24, 2.45) is 7.05 Å². The highest BCUT2D eigenvalue weighted by Crippen LogP contribution is 2.31. The van der Waals surface area contributed by atoms with Gasteiger partial charge in [-0.15, -0.1) is 10.2 Å². The molecule has 1 N–H and O–H groups in total. The van der Waals surface area contributed by atoms with Crippen molar-refractivity contribution < 1.29 is 9.90 Å². The Morgan fingerprint density at radius 1 is 1.26 bits per heavy atom. The highest BCUT2D eigenvalue weighted by molar-refractivity contribution is 7.99. The van der Waals surface area contributed by atoms with Crippen LogP contribution in [0.3, 0.4) is 0 Å². The van der Waals surface area contributed by atoms with Crippen molar-refractivity contribution in [2.75, 3.05) is 5.75 Å². The van der Waals surface area contributed by atoms with Crippen LogP contribution in [0.1, 0.15) is 56.7 Å². The Bertz CT molecular complexity index is 426. The zero-order valence-electron chi connectivity index (χ0n) is 11.3. The van der Waals surface area contributed by atoms with Gasteiger partial charge in [0.25, 0.3) is 0 Å². The molecule has 0 bridgehead atoms. The van der Waals surface area contributed by atoms with Crippen molar-refractivity contribution in [3.8, 4) is 0 Å². The number of nitrogens with zero attached hydrogens (tertiary/aromatic N) is 3. The molecular weight excluding hydrogens is 262 g/mol. The number of carboxylic acids is 1. The van der Waals surface area contributed by atoms with Crippen molar-refractivity contribution in [3.63, 3.8) is 0 Å². The first-order valence-corrected chi connectivity index (χ1v) is 7.91. The van der Waals surface area contributed by atoms with E-state index in [1.165, 1.54) is 56.7 Å². The van der Waals surface area contributed by atoms with Crippen LogP contribution in [0.25, 0.3) is 0 Å². The Morgan fingerprint density at radius 3 is 2.53 bits per heavy atom. The minimum absolute atomic E-state index is 0.0383. The number of carboxylic acid groups (broad SMARTS) is 1. The van der Waals surface area contributed by atoms with Crippen molar-refractivity contribution in [1.29, 1.82) is 0 Å². The molecule has 1 fully saturated rings. The van der Waals surface area contributed by atoms with Gasteiger partial charge in [0.1, 0.15) is 5.82 Å². The fraction of sp³-hybridized carbons (Fsp3) is 0.769. The third kappa shape index (κ3) is 3.96. The maximum atomic E-state index is 10.6. The molecule has 1 aromatic rings. The summed E-state index contributed by atoms with van der Waals surface area (Å²) in [4.78, 5) is 10.6. The largest absolute Gasteiger partial charge is 0.481 e. The van der Waals surface area contributed by atoms with Crippen LogP contribution in [0, 0.1) is 0 Å². The van der Waals surface area contributed by atoms with Crippen LogP contribution in [0.4, 0.5) is 0 Å². The number of aromatic nitrogens is 3. The van der Waals surface area contributed by atoms with Crippen molar-refractivity contribution in [1.82, 2.24) is 14.8 Å². The molecule has 1 heterocycles. The van der Waals surface area contributed by atoms with Gasteiger partial charge in [-0.2, -0.15) is 0 Å².